The van der Waals surface area contributed by atoms with E-state index in [1.54, 1.807) is 18.3 Å². The van der Waals surface area contributed by atoms with Gasteiger partial charge < -0.3 is 19.4 Å². The van der Waals surface area contributed by atoms with Crippen LogP contribution in [0.25, 0.3) is 11.3 Å². The molecule has 0 aliphatic carbocycles. The van der Waals surface area contributed by atoms with E-state index in [9.17, 15) is 8.42 Å². The molecule has 0 saturated carbocycles. The Morgan fingerprint density at radius 3 is 2.53 bits per heavy atom. The first-order valence-corrected chi connectivity index (χ1v) is 13.5. The molecule has 1 aliphatic heterocycles. The van der Waals surface area contributed by atoms with E-state index in [4.69, 9.17) is 21.4 Å². The fourth-order valence-electron chi connectivity index (χ4n) is 4.32. The molecule has 2 aromatic carbocycles. The Balaban J connectivity index is 1.61. The van der Waals surface area contributed by atoms with Crippen LogP contribution in [-0.2, 0) is 10.0 Å². The molecule has 2 N–H and O–H groups in total. The maximum Gasteiger partial charge on any atom is 0.229 e. The third-order valence-corrected chi connectivity index (χ3v) is 6.74. The Labute approximate surface area is 215 Å². The van der Waals surface area contributed by atoms with Crippen LogP contribution in [0.2, 0.25) is 0 Å². The van der Waals surface area contributed by atoms with Gasteiger partial charge in [-0.15, -0.1) is 0 Å². The number of hydrogen-bond acceptors (Lipinski definition) is 6. The summed E-state index contributed by atoms with van der Waals surface area (Å²) in [6.45, 7) is 0. The normalized spacial score (nSPS) is 17.6. The summed E-state index contributed by atoms with van der Waals surface area (Å²) in [6, 6.07) is 24.0. The molecule has 0 radical (unpaired) electrons. The lowest BCUT2D eigenvalue weighted by atomic mass is 10.0. The average Bonchev–Trinajstić information content (AvgIpc) is 3.49. The van der Waals surface area contributed by atoms with Crippen molar-refractivity contribution in [2.75, 3.05) is 23.0 Å². The number of sulfonamides is 1. The first-order valence-electron chi connectivity index (χ1n) is 11.2. The highest BCUT2D eigenvalue weighted by Crippen LogP contribution is 2.44. The molecule has 0 bridgehead atoms. The second-order valence-corrected chi connectivity index (χ2v) is 10.5. The first-order chi connectivity index (χ1) is 17.3. The van der Waals surface area contributed by atoms with E-state index >= 15 is 0 Å². The van der Waals surface area contributed by atoms with Crippen LogP contribution >= 0.6 is 12.2 Å². The van der Waals surface area contributed by atoms with Crippen LogP contribution in [0, 0.1) is 0 Å². The smallest absolute Gasteiger partial charge is 0.229 e. The van der Waals surface area contributed by atoms with Crippen molar-refractivity contribution in [3.05, 3.63) is 96.5 Å². The zero-order chi connectivity index (χ0) is 25.3. The van der Waals surface area contributed by atoms with Gasteiger partial charge in [-0.2, -0.15) is 0 Å². The summed E-state index contributed by atoms with van der Waals surface area (Å²) in [5.41, 5.74) is 2.74. The molecule has 1 saturated heterocycles. The zero-order valence-corrected chi connectivity index (χ0v) is 21.2. The monoisotopic (exact) mass is 520 g/mol. The molecule has 0 amide bonds. The number of benzene rings is 2. The molecule has 2 aromatic heterocycles. The zero-order valence-electron chi connectivity index (χ0n) is 19.6. The van der Waals surface area contributed by atoms with Crippen molar-refractivity contribution >= 4 is 38.7 Å². The molecule has 5 rings (SSSR count). The molecular weight excluding hydrogens is 496 g/mol. The highest BCUT2D eigenvalue weighted by molar-refractivity contribution is 7.92. The van der Waals surface area contributed by atoms with E-state index < -0.39 is 10.0 Å². The number of nitrogens with one attached hydrogen (secondary N) is 2. The molecule has 0 spiro atoms. The van der Waals surface area contributed by atoms with Crippen molar-refractivity contribution in [1.29, 1.82) is 0 Å². The number of pyridine rings is 1. The van der Waals surface area contributed by atoms with Gasteiger partial charge in [0.2, 0.25) is 10.0 Å². The quantitative estimate of drug-likeness (QED) is 0.332. The standard InChI is InChI=1S/C26H24N4O4S2/c1-33-22-12-11-18(16-20(22)29-36(2,31)32)30-25(24(28-26(30)35)19-10-6-7-15-27-19)23-14-13-21(34-23)17-8-4-3-5-9-17/h3-16,24-25,29H,1-2H3,(H,28,35)/t24-,25-/m1/s1. The van der Waals surface area contributed by atoms with Crippen molar-refractivity contribution in [2.45, 2.75) is 12.1 Å². The topological polar surface area (TPSA) is 96.7 Å². The van der Waals surface area contributed by atoms with Crippen molar-refractivity contribution in [3.63, 3.8) is 0 Å². The fraction of sp³-hybridized carbons (Fsp3) is 0.154. The summed E-state index contributed by atoms with van der Waals surface area (Å²) in [4.78, 5) is 6.47. The van der Waals surface area contributed by atoms with Crippen molar-refractivity contribution in [3.8, 4) is 17.1 Å². The van der Waals surface area contributed by atoms with E-state index in [1.165, 1.54) is 7.11 Å². The van der Waals surface area contributed by atoms with Gasteiger partial charge in [0.15, 0.2) is 5.11 Å². The lowest BCUT2D eigenvalue weighted by Crippen LogP contribution is -2.29. The van der Waals surface area contributed by atoms with Gasteiger partial charge in [0.05, 0.1) is 30.8 Å². The van der Waals surface area contributed by atoms with Gasteiger partial charge in [-0.3, -0.25) is 9.71 Å². The largest absolute Gasteiger partial charge is 0.495 e. The highest BCUT2D eigenvalue weighted by atomic mass is 32.2. The molecular formula is C26H24N4O4S2. The number of ether oxygens (including phenoxy) is 1. The van der Waals surface area contributed by atoms with E-state index in [-0.39, 0.29) is 12.1 Å². The third kappa shape index (κ3) is 4.77. The van der Waals surface area contributed by atoms with E-state index in [1.807, 2.05) is 71.6 Å². The van der Waals surface area contributed by atoms with Crippen LogP contribution in [0.4, 0.5) is 11.4 Å². The van der Waals surface area contributed by atoms with Gasteiger partial charge in [-0.05, 0) is 54.7 Å². The number of thiocarbonyl (C=S) groups is 1. The van der Waals surface area contributed by atoms with Gasteiger partial charge in [-0.1, -0.05) is 36.4 Å². The van der Waals surface area contributed by atoms with E-state index in [0.29, 0.717) is 28.0 Å². The number of hydrogen-bond donors (Lipinski definition) is 2. The SMILES string of the molecule is COc1ccc(N2C(=S)N[C@H](c3ccccn3)[C@H]2c2ccc(-c3ccccc3)o2)cc1NS(C)(=O)=O. The molecule has 1 fully saturated rings. The summed E-state index contributed by atoms with van der Waals surface area (Å²) in [5, 5.41) is 3.84. The predicted molar refractivity (Wildman–Crippen MR) is 144 cm³/mol. The average molecular weight is 521 g/mol. The van der Waals surface area contributed by atoms with Gasteiger partial charge >= 0.3 is 0 Å². The summed E-state index contributed by atoms with van der Waals surface area (Å²) in [7, 11) is -2.05. The van der Waals surface area contributed by atoms with E-state index in [0.717, 1.165) is 23.3 Å². The summed E-state index contributed by atoms with van der Waals surface area (Å²) >= 11 is 5.77. The van der Waals surface area contributed by atoms with Gasteiger partial charge in [0, 0.05) is 17.4 Å². The van der Waals surface area contributed by atoms with Gasteiger partial charge in [-0.25, -0.2) is 8.42 Å². The first kappa shape index (κ1) is 23.8. The number of methoxy groups -OCH3 is 1. The lowest BCUT2D eigenvalue weighted by molar-refractivity contribution is 0.416. The second-order valence-electron chi connectivity index (χ2n) is 8.32. The van der Waals surface area contributed by atoms with Crippen LogP contribution < -0.4 is 19.7 Å². The molecule has 1 aliphatic rings. The minimum Gasteiger partial charge on any atom is -0.495 e. The maximum atomic E-state index is 12.0. The van der Waals surface area contributed by atoms with Crippen LogP contribution in [0.3, 0.4) is 0 Å². The molecule has 10 heteroatoms. The summed E-state index contributed by atoms with van der Waals surface area (Å²) in [5.74, 6) is 1.81. The highest BCUT2D eigenvalue weighted by Gasteiger charge is 2.42. The maximum absolute atomic E-state index is 12.0. The Kier molecular flexibility index (Phi) is 6.38. The number of rotatable bonds is 7. The molecule has 4 aromatic rings. The van der Waals surface area contributed by atoms with Crippen molar-refractivity contribution < 1.29 is 17.6 Å². The van der Waals surface area contributed by atoms with Crippen molar-refractivity contribution in [1.82, 2.24) is 10.3 Å². The molecule has 3 heterocycles. The van der Waals surface area contributed by atoms with Crippen molar-refractivity contribution in [2.24, 2.45) is 0 Å². The van der Waals surface area contributed by atoms with Crippen LogP contribution in [0.5, 0.6) is 5.75 Å². The number of furan rings is 1. The number of aromatic nitrogens is 1. The lowest BCUT2D eigenvalue weighted by Gasteiger charge is -2.27. The second kappa shape index (κ2) is 9.63. The molecule has 184 valence electrons. The minimum absolute atomic E-state index is 0.304. The van der Waals surface area contributed by atoms with Crippen LogP contribution in [-0.4, -0.2) is 31.9 Å². The predicted octanol–water partition coefficient (Wildman–Crippen LogP) is 4.90. The van der Waals surface area contributed by atoms with Gasteiger partial charge in [0.1, 0.15) is 23.3 Å². The van der Waals surface area contributed by atoms with Gasteiger partial charge in [0.25, 0.3) is 0 Å². The minimum atomic E-state index is -3.54. The number of nitrogens with zero attached hydrogens (tertiary/aromatic N) is 2. The van der Waals surface area contributed by atoms with E-state index in [2.05, 4.69) is 15.0 Å². The Morgan fingerprint density at radius 2 is 1.83 bits per heavy atom. The number of anilines is 2. The summed E-state index contributed by atoms with van der Waals surface area (Å²) < 4.78 is 38.2. The Hall–Kier alpha value is -3.89. The van der Waals surface area contributed by atoms with Crippen LogP contribution in [0.1, 0.15) is 23.5 Å². The Morgan fingerprint density at radius 1 is 1.06 bits per heavy atom. The Bertz CT molecular complexity index is 1490. The fourth-order valence-corrected chi connectivity index (χ4v) is 5.22. The molecule has 2 atom stereocenters. The molecule has 8 nitrogen and oxygen atoms in total. The van der Waals surface area contributed by atoms with Crippen LogP contribution in [0.15, 0.2) is 89.5 Å². The molecule has 0 unspecified atom stereocenters. The third-order valence-electron chi connectivity index (χ3n) is 5.83. The molecule has 36 heavy (non-hydrogen) atoms. The summed E-state index contributed by atoms with van der Waals surface area (Å²) in [6.07, 6.45) is 2.83.